The summed E-state index contributed by atoms with van der Waals surface area (Å²) in [6, 6.07) is 3.35. The number of anilines is 1. The minimum atomic E-state index is 0.554. The molecule has 0 amide bonds. The second-order valence-corrected chi connectivity index (χ2v) is 6.29. The predicted octanol–water partition coefficient (Wildman–Crippen LogP) is 1.78. The molecule has 21 heavy (non-hydrogen) atoms. The Hall–Kier alpha value is -1.20. The third-order valence-electron chi connectivity index (χ3n) is 4.63. The zero-order chi connectivity index (χ0) is 14.8. The highest BCUT2D eigenvalue weighted by Gasteiger charge is 2.30. The van der Waals surface area contributed by atoms with Gasteiger partial charge in [-0.15, -0.1) is 0 Å². The fourth-order valence-electron chi connectivity index (χ4n) is 3.57. The Morgan fingerprint density at radius 2 is 1.90 bits per heavy atom. The predicted molar refractivity (Wildman–Crippen MR) is 83.7 cm³/mol. The van der Waals surface area contributed by atoms with E-state index >= 15 is 0 Å². The molecule has 0 aromatic carbocycles. The lowest BCUT2D eigenvalue weighted by molar-refractivity contribution is -0.0265. The number of ether oxygens (including phenoxy) is 1. The molecule has 1 aromatic rings. The van der Waals surface area contributed by atoms with Crippen LogP contribution < -0.4 is 4.90 Å². The molecule has 0 bridgehead atoms. The molecule has 0 radical (unpaired) electrons. The van der Waals surface area contributed by atoms with E-state index in [9.17, 15) is 0 Å². The lowest BCUT2D eigenvalue weighted by Crippen LogP contribution is -2.53. The van der Waals surface area contributed by atoms with E-state index in [1.54, 1.807) is 0 Å². The van der Waals surface area contributed by atoms with E-state index in [4.69, 9.17) is 4.74 Å². The smallest absolute Gasteiger partial charge is 0.132 e. The quantitative estimate of drug-likeness (QED) is 0.830. The standard InChI is InChI=1S/C16H26N4O/c1-12-10-16(18-14(3)17-12)19-6-4-15(5-7-19)20-8-9-21-11-13(20)2/h10,13,15H,4-9,11H2,1-3H3. The van der Waals surface area contributed by atoms with E-state index in [1.165, 1.54) is 12.8 Å². The molecule has 2 aliphatic rings. The van der Waals surface area contributed by atoms with Crippen molar-refractivity contribution in [1.29, 1.82) is 0 Å². The summed E-state index contributed by atoms with van der Waals surface area (Å²) in [5.41, 5.74) is 1.06. The molecule has 2 aliphatic heterocycles. The molecule has 1 aromatic heterocycles. The van der Waals surface area contributed by atoms with E-state index in [0.29, 0.717) is 12.1 Å². The van der Waals surface area contributed by atoms with Crippen LogP contribution in [0.3, 0.4) is 0 Å². The highest BCUT2D eigenvalue weighted by molar-refractivity contribution is 5.40. The minimum Gasteiger partial charge on any atom is -0.379 e. The van der Waals surface area contributed by atoms with Crippen molar-refractivity contribution in [2.45, 2.75) is 45.7 Å². The Labute approximate surface area is 127 Å². The van der Waals surface area contributed by atoms with E-state index in [2.05, 4.69) is 32.8 Å². The van der Waals surface area contributed by atoms with Crippen LogP contribution in [0.2, 0.25) is 0 Å². The van der Waals surface area contributed by atoms with Crippen molar-refractivity contribution >= 4 is 5.82 Å². The first kappa shape index (κ1) is 14.7. The SMILES string of the molecule is Cc1cc(N2CCC(N3CCOCC3C)CC2)nc(C)n1. The van der Waals surface area contributed by atoms with E-state index < -0.39 is 0 Å². The molecule has 5 heteroatoms. The summed E-state index contributed by atoms with van der Waals surface area (Å²) in [5, 5.41) is 0. The third-order valence-corrected chi connectivity index (χ3v) is 4.63. The van der Waals surface area contributed by atoms with Gasteiger partial charge in [0.05, 0.1) is 13.2 Å². The van der Waals surface area contributed by atoms with Crippen molar-refractivity contribution < 1.29 is 4.74 Å². The van der Waals surface area contributed by atoms with Gasteiger partial charge in [0.1, 0.15) is 11.6 Å². The maximum atomic E-state index is 5.55. The van der Waals surface area contributed by atoms with Crippen molar-refractivity contribution in [2.75, 3.05) is 37.7 Å². The molecule has 0 saturated carbocycles. The molecule has 3 heterocycles. The number of morpholine rings is 1. The van der Waals surface area contributed by atoms with Gasteiger partial charge in [-0.05, 0) is 33.6 Å². The number of aromatic nitrogens is 2. The zero-order valence-electron chi connectivity index (χ0n) is 13.4. The van der Waals surface area contributed by atoms with Gasteiger partial charge in [0.15, 0.2) is 0 Å². The maximum absolute atomic E-state index is 5.55. The topological polar surface area (TPSA) is 41.5 Å². The molecular weight excluding hydrogens is 264 g/mol. The number of nitrogens with zero attached hydrogens (tertiary/aromatic N) is 4. The molecule has 1 atom stereocenters. The fraction of sp³-hybridized carbons (Fsp3) is 0.750. The molecule has 0 N–H and O–H groups in total. The number of rotatable bonds is 2. The van der Waals surface area contributed by atoms with Gasteiger partial charge in [-0.2, -0.15) is 0 Å². The molecule has 2 saturated heterocycles. The third kappa shape index (κ3) is 3.35. The van der Waals surface area contributed by atoms with Gasteiger partial charge >= 0.3 is 0 Å². The van der Waals surface area contributed by atoms with Crippen molar-refractivity contribution in [2.24, 2.45) is 0 Å². The van der Waals surface area contributed by atoms with Gasteiger partial charge in [-0.1, -0.05) is 0 Å². The largest absolute Gasteiger partial charge is 0.379 e. The van der Waals surface area contributed by atoms with Crippen LogP contribution in [-0.2, 0) is 4.74 Å². The summed E-state index contributed by atoms with van der Waals surface area (Å²) in [7, 11) is 0. The first-order valence-corrected chi connectivity index (χ1v) is 8.04. The average molecular weight is 290 g/mol. The zero-order valence-corrected chi connectivity index (χ0v) is 13.4. The van der Waals surface area contributed by atoms with Crippen LogP contribution in [0, 0.1) is 13.8 Å². The Bertz CT molecular complexity index is 465. The summed E-state index contributed by atoms with van der Waals surface area (Å²) < 4.78 is 5.55. The Balaban J connectivity index is 1.62. The van der Waals surface area contributed by atoms with Crippen molar-refractivity contribution in [3.8, 4) is 0 Å². The van der Waals surface area contributed by atoms with Gasteiger partial charge < -0.3 is 9.64 Å². The van der Waals surface area contributed by atoms with E-state index in [-0.39, 0.29) is 0 Å². The van der Waals surface area contributed by atoms with Gasteiger partial charge in [0.2, 0.25) is 0 Å². The van der Waals surface area contributed by atoms with E-state index in [0.717, 1.165) is 50.2 Å². The van der Waals surface area contributed by atoms with Crippen molar-refractivity contribution in [3.63, 3.8) is 0 Å². The van der Waals surface area contributed by atoms with Crippen molar-refractivity contribution in [1.82, 2.24) is 14.9 Å². The molecule has 5 nitrogen and oxygen atoms in total. The summed E-state index contributed by atoms with van der Waals surface area (Å²) in [5.74, 6) is 1.96. The molecule has 1 unspecified atom stereocenters. The summed E-state index contributed by atoms with van der Waals surface area (Å²) in [6.07, 6.45) is 2.43. The molecule has 116 valence electrons. The van der Waals surface area contributed by atoms with Crippen LogP contribution in [0.15, 0.2) is 6.07 Å². The summed E-state index contributed by atoms with van der Waals surface area (Å²) in [4.78, 5) is 14.0. The molecule has 3 rings (SSSR count). The van der Waals surface area contributed by atoms with E-state index in [1.807, 2.05) is 13.8 Å². The molecular formula is C16H26N4O. The average Bonchev–Trinajstić information content (AvgIpc) is 2.47. The Morgan fingerprint density at radius 1 is 1.14 bits per heavy atom. The summed E-state index contributed by atoms with van der Waals surface area (Å²) in [6.45, 7) is 11.3. The van der Waals surface area contributed by atoms with Crippen LogP contribution in [-0.4, -0.2) is 59.8 Å². The van der Waals surface area contributed by atoms with Crippen LogP contribution in [0.5, 0.6) is 0 Å². The monoisotopic (exact) mass is 290 g/mol. The number of hydrogen-bond donors (Lipinski definition) is 0. The number of aryl methyl sites for hydroxylation is 2. The van der Waals surface area contributed by atoms with Crippen molar-refractivity contribution in [3.05, 3.63) is 17.6 Å². The molecule has 0 aliphatic carbocycles. The first-order valence-electron chi connectivity index (χ1n) is 8.04. The number of piperidine rings is 1. The fourth-order valence-corrected chi connectivity index (χ4v) is 3.57. The van der Waals surface area contributed by atoms with Gasteiger partial charge in [-0.3, -0.25) is 4.90 Å². The lowest BCUT2D eigenvalue weighted by atomic mass is 10.0. The second-order valence-electron chi connectivity index (χ2n) is 6.29. The highest BCUT2D eigenvalue weighted by atomic mass is 16.5. The number of hydrogen-bond acceptors (Lipinski definition) is 5. The van der Waals surface area contributed by atoms with Crippen LogP contribution in [0.1, 0.15) is 31.3 Å². The second kappa shape index (κ2) is 6.28. The van der Waals surface area contributed by atoms with Crippen LogP contribution >= 0.6 is 0 Å². The Kier molecular flexibility index (Phi) is 4.40. The van der Waals surface area contributed by atoms with Crippen LogP contribution in [0.4, 0.5) is 5.82 Å². The van der Waals surface area contributed by atoms with Crippen LogP contribution in [0.25, 0.3) is 0 Å². The Morgan fingerprint density at radius 3 is 2.57 bits per heavy atom. The van der Waals surface area contributed by atoms with Gasteiger partial charge in [0, 0.05) is 43.5 Å². The molecule has 2 fully saturated rings. The molecule has 0 spiro atoms. The maximum Gasteiger partial charge on any atom is 0.132 e. The highest BCUT2D eigenvalue weighted by Crippen LogP contribution is 2.24. The summed E-state index contributed by atoms with van der Waals surface area (Å²) >= 11 is 0. The first-order chi connectivity index (χ1) is 10.1. The lowest BCUT2D eigenvalue weighted by Gasteiger charge is -2.43. The minimum absolute atomic E-state index is 0.554. The van der Waals surface area contributed by atoms with Gasteiger partial charge in [0.25, 0.3) is 0 Å². The normalized spacial score (nSPS) is 25.3. The van der Waals surface area contributed by atoms with Gasteiger partial charge in [-0.25, -0.2) is 9.97 Å².